The Balaban J connectivity index is 0.000000111. The summed E-state index contributed by atoms with van der Waals surface area (Å²) in [5.74, 6) is 22.2. The smallest absolute Gasteiger partial charge is 0.260 e. The molecule has 0 N–H and O–H groups in total. The standard InChI is InChI=1S/C21H12ClFIN3O.C21H14ClFIN3O.C21H12F2IN3O.C21H14F2IN3O.C21H13F2N3O/c22-15-10-14(7-6-13-4-2-1-3-5-13)11-16(23)18(15)26-19(28)21(8-9-21)27-17(24)12-25-20(26)27;1-21(2)19(28)26(20-25-12-17(24)27(20)21)18-15(22)10-14(11-16(18)23)9-8-13-6-4-3-5-7-13;22-15-10-14(7-6-13-4-2-1-3-5-13)11-16(23)18(15)26-19(28)21(8-9-21)27-17(24)12-25-20(26)27;1-21(2)19(28)26(20-25-12-17(24)27(20)21)18-15(22)10-14(11-16(18)23)9-8-13-6-4-3-5-7-13;22-16-12-15(7-6-14-4-2-1-3-5-14)13-17(23)18(16)26-19(27)21(8-9-21)25-11-10-24-20(25)26/h1-5,10-12H,8-9H2;3-7,10-12H,1-2H3;1-5,10-12H,8-9H2;3-7,10-12H,1-2H3;1-5,10-13H,8-9H2. The number of halogens is 14. The fourth-order valence-corrected chi connectivity index (χ4v) is 21.1. The quantitative estimate of drug-likeness (QED) is 0.0910. The largest absolute Gasteiger partial charge is 0.301 e. The summed E-state index contributed by atoms with van der Waals surface area (Å²) in [6.45, 7) is 6.93. The van der Waals surface area contributed by atoms with Crippen LogP contribution in [-0.4, -0.2) is 77.3 Å². The molecule has 0 unspecified atom stereocenters. The zero-order valence-electron chi connectivity index (χ0n) is 73.0. The molecule has 10 heterocycles. The van der Waals surface area contributed by atoms with Gasteiger partial charge >= 0.3 is 0 Å². The van der Waals surface area contributed by atoms with E-state index in [-0.39, 0.29) is 79.6 Å². The number of anilines is 10. The first kappa shape index (κ1) is 94.3. The van der Waals surface area contributed by atoms with E-state index in [2.05, 4.69) is 152 Å². The SMILES string of the molecule is CC1(C)C(=O)N(c2c(F)cc(C#Cc3ccccc3)cc2Cl)c2ncc(I)n21.CC1(C)C(=O)N(c2c(F)cc(C#Cc3ccccc3)cc2F)c2ncc(I)n21.O=C1N(c2c(F)cc(C#Cc3ccccc3)cc2Cl)c2ncc(I)n2C12CC2.O=C1N(c2c(F)cc(C#Cc3ccccc3)cc2F)c2ncc(I)n2C12CC2.O=C1N(c2c(F)cc(C#Cc3ccccc3)cc2F)c2nccn2C12CC2. The van der Waals surface area contributed by atoms with Crippen LogP contribution in [0.2, 0.25) is 10.0 Å². The second-order valence-corrected chi connectivity index (χ2v) is 39.1. The number of hydrogen-bond acceptors (Lipinski definition) is 10. The topological polar surface area (TPSA) is 191 Å². The molecule has 10 aromatic carbocycles. The number of benzene rings is 10. The Kier molecular flexibility index (Phi) is 25.3. The van der Waals surface area contributed by atoms with Gasteiger partial charge in [-0.05, 0) is 278 Å². The van der Waals surface area contributed by atoms with Crippen molar-refractivity contribution in [3.05, 3.63) is 377 Å². The number of carbonyl (C=O) groups excluding carboxylic acids is 5. The second-order valence-electron chi connectivity index (χ2n) is 33.9. The van der Waals surface area contributed by atoms with E-state index < -0.39 is 97.2 Å². The Morgan fingerprint density at radius 2 is 0.489 bits per heavy atom. The average Bonchev–Trinajstić information content (AvgIpc) is 1.53. The third-order valence-electron chi connectivity index (χ3n) is 24.1. The molecular weight excluding hydrogens is 2280 g/mol. The number of hydrogen-bond donors (Lipinski definition) is 0. The van der Waals surface area contributed by atoms with Gasteiger partial charge in [-0.2, -0.15) is 0 Å². The summed E-state index contributed by atoms with van der Waals surface area (Å²) < 4.78 is 131. The van der Waals surface area contributed by atoms with E-state index in [1.54, 1.807) is 101 Å². The van der Waals surface area contributed by atoms with Crippen LogP contribution in [0.4, 0.5) is 93.3 Å². The van der Waals surface area contributed by atoms with Crippen LogP contribution in [-0.2, 0) is 51.7 Å². The summed E-state index contributed by atoms with van der Waals surface area (Å²) in [5, 5.41) is 0.237. The molecule has 0 atom stereocenters. The van der Waals surface area contributed by atoms with Crippen LogP contribution in [0.25, 0.3) is 0 Å². The van der Waals surface area contributed by atoms with Gasteiger partial charge in [0.2, 0.25) is 29.7 Å². The molecular formula is C105H65Cl2F8I4N15O5. The van der Waals surface area contributed by atoms with Crippen LogP contribution < -0.4 is 24.5 Å². The molecule has 0 radical (unpaired) electrons. The zero-order valence-corrected chi connectivity index (χ0v) is 83.1. The van der Waals surface area contributed by atoms with Gasteiger partial charge in [0.1, 0.15) is 82.6 Å². The molecule has 20 nitrogen and oxygen atoms in total. The number of rotatable bonds is 5. The summed E-state index contributed by atoms with van der Waals surface area (Å²) >= 11 is 21.2. The molecule has 3 spiro atoms. The monoisotopic (exact) mass is 2350 g/mol. The number of fused-ring (bicyclic) bond motifs is 8. The van der Waals surface area contributed by atoms with E-state index in [9.17, 15) is 50.3 Å². The molecule has 34 heteroatoms. The summed E-state index contributed by atoms with van der Waals surface area (Å²) in [6, 6.07) is 58.9. The summed E-state index contributed by atoms with van der Waals surface area (Å²) in [6.07, 6.45) is 13.7. The van der Waals surface area contributed by atoms with Crippen molar-refractivity contribution in [2.75, 3.05) is 24.5 Å². The lowest BCUT2D eigenvalue weighted by Gasteiger charge is -2.21. The van der Waals surface area contributed by atoms with Gasteiger partial charge in [-0.25, -0.2) is 84.5 Å². The van der Waals surface area contributed by atoms with Gasteiger partial charge < -0.3 is 4.57 Å². The van der Waals surface area contributed by atoms with E-state index in [0.29, 0.717) is 52.4 Å². The molecule has 3 fully saturated rings. The minimum Gasteiger partial charge on any atom is -0.301 e. The van der Waals surface area contributed by atoms with Gasteiger partial charge in [0.15, 0.2) is 34.9 Å². The van der Waals surface area contributed by atoms with Gasteiger partial charge in [-0.15, -0.1) is 0 Å². The predicted octanol–water partition coefficient (Wildman–Crippen LogP) is 22.6. The molecule has 688 valence electrons. The first-order valence-electron chi connectivity index (χ1n) is 42.8. The molecule has 0 saturated heterocycles. The highest BCUT2D eigenvalue weighted by Gasteiger charge is 2.64. The van der Waals surface area contributed by atoms with E-state index in [1.165, 1.54) is 28.1 Å². The van der Waals surface area contributed by atoms with Crippen LogP contribution >= 0.6 is 114 Å². The van der Waals surface area contributed by atoms with Crippen LogP contribution in [0.3, 0.4) is 0 Å². The first-order chi connectivity index (χ1) is 66.7. The Morgan fingerprint density at radius 3 is 0.763 bits per heavy atom. The van der Waals surface area contributed by atoms with Crippen molar-refractivity contribution in [1.82, 2.24) is 47.8 Å². The lowest BCUT2D eigenvalue weighted by atomic mass is 10.0. The Bertz CT molecular complexity index is 7170. The maximum atomic E-state index is 15.0. The summed E-state index contributed by atoms with van der Waals surface area (Å²) in [7, 11) is 0. The maximum Gasteiger partial charge on any atom is 0.260 e. The molecule has 5 amide bonds. The fourth-order valence-electron chi connectivity index (χ4n) is 16.9. The van der Waals surface area contributed by atoms with E-state index in [0.717, 1.165) is 103 Å². The molecule has 23 rings (SSSR count). The van der Waals surface area contributed by atoms with Crippen LogP contribution in [0.5, 0.6) is 0 Å². The van der Waals surface area contributed by atoms with Crippen LogP contribution in [0.15, 0.2) is 250 Å². The second kappa shape index (κ2) is 37.3. The van der Waals surface area contributed by atoms with E-state index in [4.69, 9.17) is 23.2 Å². The highest BCUT2D eigenvalue weighted by molar-refractivity contribution is 14.1. The highest BCUT2D eigenvalue weighted by Crippen LogP contribution is 2.59. The Hall–Kier alpha value is -13.7. The van der Waals surface area contributed by atoms with Gasteiger partial charge in [0.05, 0.1) is 34.8 Å². The van der Waals surface area contributed by atoms with Gasteiger partial charge in [0, 0.05) is 68.0 Å². The summed E-state index contributed by atoms with van der Waals surface area (Å²) in [4.78, 5) is 91.6. The molecule has 15 aromatic rings. The van der Waals surface area contributed by atoms with Crippen LogP contribution in [0, 0.1) is 121 Å². The van der Waals surface area contributed by atoms with E-state index >= 15 is 8.78 Å². The Morgan fingerprint density at radius 1 is 0.273 bits per heavy atom. The van der Waals surface area contributed by atoms with Crippen molar-refractivity contribution in [2.45, 2.75) is 93.9 Å². The maximum absolute atomic E-state index is 15.0. The molecule has 3 saturated carbocycles. The fraction of sp³-hybridized carbons (Fsp3) is 0.143. The molecule has 139 heavy (non-hydrogen) atoms. The zero-order chi connectivity index (χ0) is 97.6. The van der Waals surface area contributed by atoms with Crippen molar-refractivity contribution in [1.29, 1.82) is 0 Å². The highest BCUT2D eigenvalue weighted by atomic mass is 127. The normalized spacial score (nSPS) is 15.5. The molecule has 5 aromatic heterocycles. The molecule has 5 aliphatic heterocycles. The number of imidazole rings is 5. The number of nitrogens with zero attached hydrogens (tertiary/aromatic N) is 15. The average molecular weight is 2350 g/mol. The molecule has 3 aliphatic carbocycles. The van der Waals surface area contributed by atoms with E-state index in [1.807, 2.05) is 167 Å². The first-order valence-corrected chi connectivity index (χ1v) is 47.8. The third kappa shape index (κ3) is 17.3. The van der Waals surface area contributed by atoms with Gasteiger partial charge in [-0.3, -0.25) is 42.2 Å². The molecule has 8 aliphatic rings. The molecule has 0 bridgehead atoms. The van der Waals surface area contributed by atoms with Crippen molar-refractivity contribution in [2.24, 2.45) is 0 Å². The van der Waals surface area contributed by atoms with Crippen molar-refractivity contribution in [3.63, 3.8) is 0 Å². The Labute approximate surface area is 854 Å². The summed E-state index contributed by atoms with van der Waals surface area (Å²) in [5.41, 5.74) is 0.131. The van der Waals surface area contributed by atoms with Gasteiger partial charge in [-0.1, -0.05) is 173 Å². The lowest BCUT2D eigenvalue weighted by Crippen LogP contribution is -2.37. The number of amides is 5. The predicted molar refractivity (Wildman–Crippen MR) is 542 cm³/mol. The third-order valence-corrected chi connectivity index (χ3v) is 27.7. The lowest BCUT2D eigenvalue weighted by molar-refractivity contribution is -0.124. The van der Waals surface area contributed by atoms with Crippen molar-refractivity contribution >= 4 is 201 Å². The number of carbonyl (C=O) groups is 5. The minimum atomic E-state index is -0.993. The number of aromatic nitrogens is 10. The van der Waals surface area contributed by atoms with Crippen molar-refractivity contribution in [3.8, 4) is 59.2 Å². The van der Waals surface area contributed by atoms with Crippen molar-refractivity contribution < 1.29 is 59.1 Å². The minimum absolute atomic E-state index is 0.00856. The van der Waals surface area contributed by atoms with Gasteiger partial charge in [0.25, 0.3) is 29.5 Å². The van der Waals surface area contributed by atoms with Crippen LogP contribution in [0.1, 0.15) is 122 Å².